The first kappa shape index (κ1) is 18.6. The molecule has 1 aromatic carbocycles. The molecule has 6 nitrogen and oxygen atoms in total. The number of hydrogen-bond donors (Lipinski definition) is 1. The van der Waals surface area contributed by atoms with Crippen LogP contribution >= 0.6 is 0 Å². The van der Waals surface area contributed by atoms with E-state index in [1.165, 1.54) is 11.1 Å². The molecule has 0 unspecified atom stereocenters. The molecule has 0 saturated carbocycles. The molecule has 3 rings (SSSR count). The van der Waals surface area contributed by atoms with Crippen LogP contribution in [-0.2, 0) is 13.0 Å². The third-order valence-corrected chi connectivity index (χ3v) is 4.70. The van der Waals surface area contributed by atoms with Crippen LogP contribution in [0.1, 0.15) is 43.1 Å². The third-order valence-electron chi connectivity index (χ3n) is 4.70. The highest BCUT2D eigenvalue weighted by atomic mass is 15.3. The molecule has 0 saturated heterocycles. The number of nitrogens with zero attached hydrogens (tertiary/aromatic N) is 5. The largest absolute Gasteiger partial charge is 0.354 e. The van der Waals surface area contributed by atoms with E-state index in [2.05, 4.69) is 63.3 Å². The van der Waals surface area contributed by atoms with Gasteiger partial charge in [0.15, 0.2) is 0 Å². The molecule has 2 aromatic rings. The van der Waals surface area contributed by atoms with Crippen molar-refractivity contribution in [2.45, 2.75) is 39.2 Å². The van der Waals surface area contributed by atoms with E-state index in [1.54, 1.807) is 0 Å². The Hall–Kier alpha value is -2.21. The van der Waals surface area contributed by atoms with E-state index in [0.29, 0.717) is 11.9 Å². The Morgan fingerprint density at radius 3 is 2.62 bits per heavy atom. The van der Waals surface area contributed by atoms with Gasteiger partial charge in [0.25, 0.3) is 0 Å². The second-order valence-corrected chi connectivity index (χ2v) is 7.44. The maximum Gasteiger partial charge on any atom is 0.229 e. The first-order valence-electron chi connectivity index (χ1n) is 9.49. The molecule has 0 atom stereocenters. The Bertz CT molecular complexity index is 702. The van der Waals surface area contributed by atoms with Gasteiger partial charge in [-0.2, -0.15) is 15.0 Å². The van der Waals surface area contributed by atoms with Crippen molar-refractivity contribution in [3.8, 4) is 0 Å². The molecule has 0 spiro atoms. The molecular weight excluding hydrogens is 324 g/mol. The molecule has 1 aliphatic heterocycles. The van der Waals surface area contributed by atoms with Crippen LogP contribution in [0, 0.1) is 0 Å². The van der Waals surface area contributed by atoms with Gasteiger partial charge in [-0.05, 0) is 24.0 Å². The monoisotopic (exact) mass is 354 g/mol. The zero-order valence-electron chi connectivity index (χ0n) is 16.4. The second kappa shape index (κ2) is 8.45. The normalized spacial score (nSPS) is 14.3. The molecule has 6 heteroatoms. The van der Waals surface area contributed by atoms with Crippen molar-refractivity contribution in [2.24, 2.45) is 0 Å². The Balaban J connectivity index is 1.51. The minimum Gasteiger partial charge on any atom is -0.354 e. The molecule has 0 radical (unpaired) electrons. The average Bonchev–Trinajstić information content (AvgIpc) is 2.64. The van der Waals surface area contributed by atoms with Gasteiger partial charge in [-0.25, -0.2) is 0 Å². The van der Waals surface area contributed by atoms with E-state index in [4.69, 9.17) is 0 Å². The van der Waals surface area contributed by atoms with Crippen LogP contribution in [0.4, 0.5) is 11.9 Å². The molecule has 0 bridgehead atoms. The number of aromatic nitrogens is 3. The summed E-state index contributed by atoms with van der Waals surface area (Å²) in [5.41, 5.74) is 2.98. The third kappa shape index (κ3) is 4.69. The van der Waals surface area contributed by atoms with Crippen LogP contribution in [-0.4, -0.2) is 53.6 Å². The first-order valence-corrected chi connectivity index (χ1v) is 9.49. The summed E-state index contributed by atoms with van der Waals surface area (Å²) in [6, 6.07) is 8.78. The summed E-state index contributed by atoms with van der Waals surface area (Å²) in [5.74, 6) is 2.50. The molecular formula is C20H30N6. The minimum atomic E-state index is 0.283. The van der Waals surface area contributed by atoms with Gasteiger partial charge in [-0.1, -0.05) is 38.1 Å². The molecule has 140 valence electrons. The Kier molecular flexibility index (Phi) is 6.04. The van der Waals surface area contributed by atoms with Gasteiger partial charge in [-0.15, -0.1) is 0 Å². The lowest BCUT2D eigenvalue weighted by Crippen LogP contribution is -2.32. The zero-order chi connectivity index (χ0) is 18.5. The van der Waals surface area contributed by atoms with Gasteiger partial charge in [0.05, 0.1) is 0 Å². The fourth-order valence-corrected chi connectivity index (χ4v) is 3.17. The van der Waals surface area contributed by atoms with Gasteiger partial charge >= 0.3 is 0 Å². The number of fused-ring (bicyclic) bond motifs is 1. The summed E-state index contributed by atoms with van der Waals surface area (Å²) in [6.07, 6.45) is 2.23. The van der Waals surface area contributed by atoms with Crippen molar-refractivity contribution in [3.05, 3.63) is 41.2 Å². The Labute approximate surface area is 156 Å². The average molecular weight is 355 g/mol. The van der Waals surface area contributed by atoms with Crippen LogP contribution in [0.15, 0.2) is 24.3 Å². The van der Waals surface area contributed by atoms with Crippen LogP contribution in [0.25, 0.3) is 0 Å². The standard InChI is InChI=1S/C20H30N6/c1-15(2)18-22-19(24-20(23-18)25(3)4)21-11-7-12-26-13-10-16-8-5-6-9-17(16)14-26/h5-6,8-9,15H,7,10-14H2,1-4H3,(H,21,22,23,24). The molecule has 2 heterocycles. The number of nitrogens with one attached hydrogen (secondary N) is 1. The van der Waals surface area contributed by atoms with Crippen molar-refractivity contribution >= 4 is 11.9 Å². The number of rotatable bonds is 7. The molecule has 1 N–H and O–H groups in total. The second-order valence-electron chi connectivity index (χ2n) is 7.44. The van der Waals surface area contributed by atoms with E-state index in [-0.39, 0.29) is 5.92 Å². The topological polar surface area (TPSA) is 57.2 Å². The summed E-state index contributed by atoms with van der Waals surface area (Å²) >= 11 is 0. The van der Waals surface area contributed by atoms with Crippen molar-refractivity contribution < 1.29 is 0 Å². The molecule has 0 amide bonds. The van der Waals surface area contributed by atoms with E-state index in [9.17, 15) is 0 Å². The number of anilines is 2. The minimum absolute atomic E-state index is 0.283. The molecule has 1 aromatic heterocycles. The van der Waals surface area contributed by atoms with Gasteiger partial charge in [0.2, 0.25) is 11.9 Å². The highest BCUT2D eigenvalue weighted by Gasteiger charge is 2.15. The lowest BCUT2D eigenvalue weighted by Gasteiger charge is -2.28. The van der Waals surface area contributed by atoms with Crippen molar-refractivity contribution in [2.75, 3.05) is 43.9 Å². The summed E-state index contributed by atoms with van der Waals surface area (Å²) in [4.78, 5) is 18.0. The van der Waals surface area contributed by atoms with Crippen LogP contribution in [0.5, 0.6) is 0 Å². The summed E-state index contributed by atoms with van der Waals surface area (Å²) in [5, 5.41) is 3.38. The van der Waals surface area contributed by atoms with Crippen molar-refractivity contribution in [1.82, 2.24) is 19.9 Å². The summed E-state index contributed by atoms with van der Waals surface area (Å²) in [6.45, 7) is 8.37. The van der Waals surface area contributed by atoms with Gasteiger partial charge < -0.3 is 10.2 Å². The molecule has 1 aliphatic rings. The van der Waals surface area contributed by atoms with Crippen LogP contribution in [0.2, 0.25) is 0 Å². The lowest BCUT2D eigenvalue weighted by molar-refractivity contribution is 0.253. The van der Waals surface area contributed by atoms with Gasteiger partial charge in [0.1, 0.15) is 5.82 Å². The quantitative estimate of drug-likeness (QED) is 0.772. The number of benzene rings is 1. The predicted molar refractivity (Wildman–Crippen MR) is 107 cm³/mol. The SMILES string of the molecule is CC(C)c1nc(NCCCN2CCc3ccccc3C2)nc(N(C)C)n1. The smallest absolute Gasteiger partial charge is 0.229 e. The van der Waals surface area contributed by atoms with Crippen molar-refractivity contribution in [3.63, 3.8) is 0 Å². The molecule has 26 heavy (non-hydrogen) atoms. The first-order chi connectivity index (χ1) is 12.5. The van der Waals surface area contributed by atoms with E-state index in [0.717, 1.165) is 44.8 Å². The highest BCUT2D eigenvalue weighted by molar-refractivity contribution is 5.36. The molecule has 0 fully saturated rings. The van der Waals surface area contributed by atoms with E-state index < -0.39 is 0 Å². The zero-order valence-corrected chi connectivity index (χ0v) is 16.4. The van der Waals surface area contributed by atoms with Crippen molar-refractivity contribution in [1.29, 1.82) is 0 Å². The summed E-state index contributed by atoms with van der Waals surface area (Å²) in [7, 11) is 3.91. The van der Waals surface area contributed by atoms with Crippen LogP contribution < -0.4 is 10.2 Å². The van der Waals surface area contributed by atoms with Crippen LogP contribution in [0.3, 0.4) is 0 Å². The van der Waals surface area contributed by atoms with Gasteiger partial charge in [-0.3, -0.25) is 4.90 Å². The fraction of sp³-hybridized carbons (Fsp3) is 0.550. The lowest BCUT2D eigenvalue weighted by atomic mass is 10.00. The molecule has 0 aliphatic carbocycles. The Morgan fingerprint density at radius 1 is 1.12 bits per heavy atom. The van der Waals surface area contributed by atoms with E-state index >= 15 is 0 Å². The maximum atomic E-state index is 4.56. The number of hydrogen-bond acceptors (Lipinski definition) is 6. The highest BCUT2D eigenvalue weighted by Crippen LogP contribution is 2.18. The fourth-order valence-electron chi connectivity index (χ4n) is 3.17. The predicted octanol–water partition coefficient (Wildman–Crippen LogP) is 2.92. The van der Waals surface area contributed by atoms with Gasteiger partial charge in [0, 0.05) is 46.2 Å². The van der Waals surface area contributed by atoms with E-state index in [1.807, 2.05) is 19.0 Å². The maximum absolute atomic E-state index is 4.56. The Morgan fingerprint density at radius 2 is 1.88 bits per heavy atom. The summed E-state index contributed by atoms with van der Waals surface area (Å²) < 4.78 is 0.